The molecule has 0 radical (unpaired) electrons. The van der Waals surface area contributed by atoms with Gasteiger partial charge in [-0.25, -0.2) is 0 Å². The molecule has 0 unspecified atom stereocenters. The smallest absolute Gasteiger partial charge is 0.305 e. The molecule has 1 aromatic carbocycles. The van der Waals surface area contributed by atoms with Gasteiger partial charge in [0.15, 0.2) is 0 Å². The van der Waals surface area contributed by atoms with Crippen molar-refractivity contribution in [1.29, 1.82) is 0 Å². The van der Waals surface area contributed by atoms with Gasteiger partial charge in [0.25, 0.3) is 0 Å². The molecule has 1 fully saturated rings. The van der Waals surface area contributed by atoms with Crippen molar-refractivity contribution in [3.05, 3.63) is 30.3 Å². The van der Waals surface area contributed by atoms with Crippen molar-refractivity contribution >= 4 is 11.7 Å². The SMILES string of the molecule is CCOC(=O)CCC1CCN(c2ccccc2)CC1. The van der Waals surface area contributed by atoms with Gasteiger partial charge < -0.3 is 9.64 Å². The molecule has 3 nitrogen and oxygen atoms in total. The van der Waals surface area contributed by atoms with Gasteiger partial charge in [-0.05, 0) is 44.2 Å². The number of rotatable bonds is 5. The van der Waals surface area contributed by atoms with Crippen LogP contribution in [0.4, 0.5) is 5.69 Å². The molecule has 1 aliphatic heterocycles. The Bertz CT molecular complexity index is 383. The average molecular weight is 261 g/mol. The first-order valence-corrected chi connectivity index (χ1v) is 7.25. The van der Waals surface area contributed by atoms with Gasteiger partial charge in [-0.3, -0.25) is 4.79 Å². The Morgan fingerprint density at radius 2 is 1.95 bits per heavy atom. The van der Waals surface area contributed by atoms with E-state index in [0.717, 1.165) is 19.5 Å². The molecule has 19 heavy (non-hydrogen) atoms. The molecule has 1 aromatic rings. The highest BCUT2D eigenvalue weighted by Crippen LogP contribution is 2.25. The summed E-state index contributed by atoms with van der Waals surface area (Å²) in [6.45, 7) is 4.54. The van der Waals surface area contributed by atoms with Crippen molar-refractivity contribution in [3.63, 3.8) is 0 Å². The van der Waals surface area contributed by atoms with Gasteiger partial charge in [0.05, 0.1) is 6.61 Å². The fourth-order valence-electron chi connectivity index (χ4n) is 2.67. The lowest BCUT2D eigenvalue weighted by Crippen LogP contribution is -2.33. The van der Waals surface area contributed by atoms with E-state index in [1.54, 1.807) is 0 Å². The zero-order chi connectivity index (χ0) is 13.5. The number of benzene rings is 1. The zero-order valence-corrected chi connectivity index (χ0v) is 11.7. The fraction of sp³-hybridized carbons (Fsp3) is 0.562. The van der Waals surface area contributed by atoms with Crippen molar-refractivity contribution in [2.75, 3.05) is 24.6 Å². The number of ether oxygens (including phenoxy) is 1. The summed E-state index contributed by atoms with van der Waals surface area (Å²) in [4.78, 5) is 13.8. The highest BCUT2D eigenvalue weighted by atomic mass is 16.5. The largest absolute Gasteiger partial charge is 0.466 e. The minimum atomic E-state index is -0.0482. The van der Waals surface area contributed by atoms with E-state index in [1.165, 1.54) is 18.5 Å². The van der Waals surface area contributed by atoms with E-state index < -0.39 is 0 Å². The van der Waals surface area contributed by atoms with Crippen molar-refractivity contribution in [2.45, 2.75) is 32.6 Å². The van der Waals surface area contributed by atoms with Crippen molar-refractivity contribution in [3.8, 4) is 0 Å². The standard InChI is InChI=1S/C16H23NO2/c1-2-19-16(18)9-8-14-10-12-17(13-11-14)15-6-4-3-5-7-15/h3-7,14H,2,8-13H2,1H3. The number of esters is 1. The molecule has 0 atom stereocenters. The summed E-state index contributed by atoms with van der Waals surface area (Å²) in [5.41, 5.74) is 1.31. The third-order valence-corrected chi connectivity index (χ3v) is 3.80. The number of hydrogen-bond acceptors (Lipinski definition) is 3. The van der Waals surface area contributed by atoms with Gasteiger partial charge in [-0.15, -0.1) is 0 Å². The van der Waals surface area contributed by atoms with E-state index in [0.29, 0.717) is 18.9 Å². The lowest BCUT2D eigenvalue weighted by Gasteiger charge is -2.33. The summed E-state index contributed by atoms with van der Waals surface area (Å²) in [5, 5.41) is 0. The molecule has 0 spiro atoms. The maximum Gasteiger partial charge on any atom is 0.305 e. The lowest BCUT2D eigenvalue weighted by atomic mass is 9.92. The second-order valence-corrected chi connectivity index (χ2v) is 5.11. The minimum absolute atomic E-state index is 0.0482. The Balaban J connectivity index is 1.72. The van der Waals surface area contributed by atoms with Crippen molar-refractivity contribution in [1.82, 2.24) is 0 Å². The highest BCUT2D eigenvalue weighted by molar-refractivity contribution is 5.69. The summed E-state index contributed by atoms with van der Waals surface area (Å²) in [6, 6.07) is 10.6. The molecule has 0 N–H and O–H groups in total. The van der Waals surface area contributed by atoms with Gasteiger partial charge in [0, 0.05) is 25.2 Å². The summed E-state index contributed by atoms with van der Waals surface area (Å²) in [7, 11) is 0. The minimum Gasteiger partial charge on any atom is -0.466 e. The van der Waals surface area contributed by atoms with Crippen LogP contribution < -0.4 is 4.90 Å². The van der Waals surface area contributed by atoms with Crippen LogP contribution in [0.3, 0.4) is 0 Å². The van der Waals surface area contributed by atoms with Gasteiger partial charge in [-0.1, -0.05) is 18.2 Å². The van der Waals surface area contributed by atoms with E-state index in [-0.39, 0.29) is 5.97 Å². The Morgan fingerprint density at radius 1 is 1.26 bits per heavy atom. The first kappa shape index (κ1) is 13.9. The average Bonchev–Trinajstić information content (AvgIpc) is 2.47. The Morgan fingerprint density at radius 3 is 2.58 bits per heavy atom. The van der Waals surface area contributed by atoms with Crippen LogP contribution in [0, 0.1) is 5.92 Å². The predicted molar refractivity (Wildman–Crippen MR) is 77.2 cm³/mol. The molecule has 3 heteroatoms. The molecular formula is C16H23NO2. The summed E-state index contributed by atoms with van der Waals surface area (Å²) >= 11 is 0. The van der Waals surface area contributed by atoms with Crippen molar-refractivity contribution < 1.29 is 9.53 Å². The van der Waals surface area contributed by atoms with Crippen LogP contribution in [0.5, 0.6) is 0 Å². The Kier molecular flexibility index (Phi) is 5.25. The van der Waals surface area contributed by atoms with E-state index in [9.17, 15) is 4.79 Å². The fourth-order valence-corrected chi connectivity index (χ4v) is 2.67. The van der Waals surface area contributed by atoms with E-state index >= 15 is 0 Å². The Labute approximate surface area is 115 Å². The van der Waals surface area contributed by atoms with Gasteiger partial charge in [-0.2, -0.15) is 0 Å². The number of carbonyl (C=O) groups excluding carboxylic acids is 1. The first-order valence-electron chi connectivity index (χ1n) is 7.25. The van der Waals surface area contributed by atoms with Gasteiger partial charge in [0.2, 0.25) is 0 Å². The third-order valence-electron chi connectivity index (χ3n) is 3.80. The number of nitrogens with zero attached hydrogens (tertiary/aromatic N) is 1. The van der Waals surface area contributed by atoms with Crippen molar-refractivity contribution in [2.24, 2.45) is 5.92 Å². The number of anilines is 1. The number of carbonyl (C=O) groups is 1. The maximum absolute atomic E-state index is 11.3. The molecule has 0 saturated carbocycles. The van der Waals surface area contributed by atoms with Gasteiger partial charge in [0.1, 0.15) is 0 Å². The van der Waals surface area contributed by atoms with Crippen LogP contribution in [-0.4, -0.2) is 25.7 Å². The van der Waals surface area contributed by atoms with E-state index in [2.05, 4.69) is 35.2 Å². The van der Waals surface area contributed by atoms with Crippen LogP contribution in [0.1, 0.15) is 32.6 Å². The normalized spacial score (nSPS) is 16.4. The molecule has 0 aliphatic carbocycles. The lowest BCUT2D eigenvalue weighted by molar-refractivity contribution is -0.143. The molecule has 0 bridgehead atoms. The maximum atomic E-state index is 11.3. The number of hydrogen-bond donors (Lipinski definition) is 0. The third kappa shape index (κ3) is 4.27. The first-order chi connectivity index (χ1) is 9.29. The molecule has 0 aromatic heterocycles. The Hall–Kier alpha value is -1.51. The van der Waals surface area contributed by atoms with Crippen LogP contribution in [0.2, 0.25) is 0 Å². The van der Waals surface area contributed by atoms with Gasteiger partial charge >= 0.3 is 5.97 Å². The van der Waals surface area contributed by atoms with Crippen LogP contribution in [-0.2, 0) is 9.53 Å². The topological polar surface area (TPSA) is 29.5 Å². The highest BCUT2D eigenvalue weighted by Gasteiger charge is 2.20. The molecular weight excluding hydrogens is 238 g/mol. The number of piperidine rings is 1. The summed E-state index contributed by atoms with van der Waals surface area (Å²) in [6.07, 6.45) is 3.90. The van der Waals surface area contributed by atoms with Crippen LogP contribution in [0.25, 0.3) is 0 Å². The molecule has 1 aliphatic rings. The van der Waals surface area contributed by atoms with Crippen LogP contribution >= 0.6 is 0 Å². The summed E-state index contributed by atoms with van der Waals surface area (Å²) in [5.74, 6) is 0.623. The molecule has 2 rings (SSSR count). The van der Waals surface area contributed by atoms with Crippen LogP contribution in [0.15, 0.2) is 30.3 Å². The molecule has 1 heterocycles. The second kappa shape index (κ2) is 7.17. The van der Waals surface area contributed by atoms with E-state index in [4.69, 9.17) is 4.74 Å². The quantitative estimate of drug-likeness (QED) is 0.762. The summed E-state index contributed by atoms with van der Waals surface area (Å²) < 4.78 is 4.97. The predicted octanol–water partition coefficient (Wildman–Crippen LogP) is 3.25. The second-order valence-electron chi connectivity index (χ2n) is 5.11. The molecule has 104 valence electrons. The molecule has 0 amide bonds. The van der Waals surface area contributed by atoms with E-state index in [1.807, 2.05) is 6.92 Å². The monoisotopic (exact) mass is 261 g/mol. The zero-order valence-electron chi connectivity index (χ0n) is 11.7. The number of para-hydroxylation sites is 1. The molecule has 1 saturated heterocycles.